The number of hydrogen-bond donors (Lipinski definition) is 1. The Morgan fingerprint density at radius 3 is 2.24 bits per heavy atom. The predicted molar refractivity (Wildman–Crippen MR) is 121 cm³/mol. The highest BCUT2D eigenvalue weighted by Crippen LogP contribution is 2.30. The molecule has 1 heterocycles. The number of carbonyl (C=O) groups excluding carboxylic acids is 1. The maximum Gasteiger partial charge on any atom is 0.416 e. The predicted octanol–water partition coefficient (Wildman–Crippen LogP) is 5.52. The van der Waals surface area contributed by atoms with Gasteiger partial charge in [-0.05, 0) is 60.0 Å². The molecule has 0 bridgehead atoms. The van der Waals surface area contributed by atoms with Crippen molar-refractivity contribution in [3.8, 4) is 16.9 Å². The van der Waals surface area contributed by atoms with Crippen LogP contribution < -0.4 is 10.1 Å². The molecule has 0 atom stereocenters. The van der Waals surface area contributed by atoms with Crippen molar-refractivity contribution in [2.24, 2.45) is 0 Å². The average Bonchev–Trinajstić information content (AvgIpc) is 2.78. The molecule has 1 N–H and O–H groups in total. The number of benzene rings is 3. The first-order chi connectivity index (χ1) is 16.2. The first kappa shape index (κ1) is 23.8. The number of carbonyl (C=O) groups is 1. The Kier molecular flexibility index (Phi) is 6.88. The van der Waals surface area contributed by atoms with Gasteiger partial charge in [0.25, 0.3) is 5.91 Å². The van der Waals surface area contributed by atoms with Gasteiger partial charge in [0.15, 0.2) is 0 Å². The van der Waals surface area contributed by atoms with Crippen LogP contribution in [-0.2, 0) is 12.7 Å². The molecule has 8 heteroatoms. The topological polar surface area (TPSA) is 41.6 Å². The SMILES string of the molecule is CCNC(=O)c1ccc(-c2ccc(OC3CN(Cc4ccc(C(F)(F)F)cc4)C3)cc2)cc1F. The molecule has 0 saturated carbocycles. The zero-order valence-corrected chi connectivity index (χ0v) is 18.5. The largest absolute Gasteiger partial charge is 0.488 e. The van der Waals surface area contributed by atoms with Gasteiger partial charge in [0, 0.05) is 26.2 Å². The van der Waals surface area contributed by atoms with Crippen molar-refractivity contribution in [3.63, 3.8) is 0 Å². The highest BCUT2D eigenvalue weighted by Gasteiger charge is 2.31. The highest BCUT2D eigenvalue weighted by atomic mass is 19.4. The second-order valence-corrected chi connectivity index (χ2v) is 8.21. The van der Waals surface area contributed by atoms with Crippen LogP contribution in [0.15, 0.2) is 66.7 Å². The number of likely N-dealkylation sites (tertiary alicyclic amines) is 1. The smallest absolute Gasteiger partial charge is 0.416 e. The van der Waals surface area contributed by atoms with Gasteiger partial charge >= 0.3 is 6.18 Å². The molecule has 3 aromatic rings. The normalized spacial score (nSPS) is 14.5. The Labute approximate surface area is 195 Å². The van der Waals surface area contributed by atoms with Crippen molar-refractivity contribution in [3.05, 3.63) is 89.2 Å². The molecule has 0 aliphatic carbocycles. The summed E-state index contributed by atoms with van der Waals surface area (Å²) >= 11 is 0. The lowest BCUT2D eigenvalue weighted by atomic mass is 10.0. The van der Waals surface area contributed by atoms with Crippen molar-refractivity contribution in [1.29, 1.82) is 0 Å². The van der Waals surface area contributed by atoms with Gasteiger partial charge in [-0.3, -0.25) is 9.69 Å². The summed E-state index contributed by atoms with van der Waals surface area (Å²) in [5, 5.41) is 2.58. The fraction of sp³-hybridized carbons (Fsp3) is 0.269. The van der Waals surface area contributed by atoms with Crippen molar-refractivity contribution in [2.45, 2.75) is 25.7 Å². The summed E-state index contributed by atoms with van der Waals surface area (Å²) in [6.45, 7) is 4.11. The van der Waals surface area contributed by atoms with E-state index in [2.05, 4.69) is 10.2 Å². The minimum absolute atomic E-state index is 0.00546. The lowest BCUT2D eigenvalue weighted by molar-refractivity contribution is -0.137. The van der Waals surface area contributed by atoms with Crippen molar-refractivity contribution in [2.75, 3.05) is 19.6 Å². The molecule has 4 rings (SSSR count). The third-order valence-electron chi connectivity index (χ3n) is 5.65. The third kappa shape index (κ3) is 5.56. The van der Waals surface area contributed by atoms with E-state index in [1.165, 1.54) is 24.3 Å². The summed E-state index contributed by atoms with van der Waals surface area (Å²) in [5.41, 5.74) is 1.64. The minimum atomic E-state index is -4.33. The van der Waals surface area contributed by atoms with Crippen LogP contribution in [0.25, 0.3) is 11.1 Å². The second-order valence-electron chi connectivity index (χ2n) is 8.21. The summed E-state index contributed by atoms with van der Waals surface area (Å²) in [4.78, 5) is 14.0. The minimum Gasteiger partial charge on any atom is -0.488 e. The zero-order valence-electron chi connectivity index (χ0n) is 18.5. The van der Waals surface area contributed by atoms with Gasteiger partial charge in [-0.25, -0.2) is 4.39 Å². The van der Waals surface area contributed by atoms with E-state index in [9.17, 15) is 22.4 Å². The molecule has 0 aromatic heterocycles. The van der Waals surface area contributed by atoms with Gasteiger partial charge in [-0.15, -0.1) is 0 Å². The zero-order chi connectivity index (χ0) is 24.3. The van der Waals surface area contributed by atoms with E-state index in [1.807, 2.05) is 24.3 Å². The Balaban J connectivity index is 1.29. The van der Waals surface area contributed by atoms with Crippen LogP contribution in [0.5, 0.6) is 5.75 Å². The first-order valence-electron chi connectivity index (χ1n) is 11.0. The fourth-order valence-corrected chi connectivity index (χ4v) is 3.84. The summed E-state index contributed by atoms with van der Waals surface area (Å²) < 4.78 is 58.3. The van der Waals surface area contributed by atoms with Crippen molar-refractivity contribution < 1.29 is 27.1 Å². The Morgan fingerprint density at radius 1 is 1.00 bits per heavy atom. The van der Waals surface area contributed by atoms with Crippen LogP contribution in [0, 0.1) is 5.82 Å². The number of hydrogen-bond acceptors (Lipinski definition) is 3. The highest BCUT2D eigenvalue weighted by molar-refractivity contribution is 5.95. The van der Waals surface area contributed by atoms with Gasteiger partial charge in [-0.1, -0.05) is 30.3 Å². The third-order valence-corrected chi connectivity index (χ3v) is 5.65. The van der Waals surface area contributed by atoms with Crippen LogP contribution in [0.2, 0.25) is 0 Å². The van der Waals surface area contributed by atoms with E-state index in [4.69, 9.17) is 4.74 Å². The lowest BCUT2D eigenvalue weighted by Crippen LogP contribution is -2.53. The van der Waals surface area contributed by atoms with E-state index in [-0.39, 0.29) is 11.7 Å². The molecule has 1 fully saturated rings. The Morgan fingerprint density at radius 2 is 1.65 bits per heavy atom. The number of nitrogens with one attached hydrogen (secondary N) is 1. The maximum absolute atomic E-state index is 14.3. The van der Waals surface area contributed by atoms with E-state index < -0.39 is 23.5 Å². The number of alkyl halides is 3. The summed E-state index contributed by atoms with van der Waals surface area (Å²) in [6, 6.07) is 17.0. The second kappa shape index (κ2) is 9.85. The van der Waals surface area contributed by atoms with Crippen LogP contribution in [0.3, 0.4) is 0 Å². The van der Waals surface area contributed by atoms with E-state index >= 15 is 0 Å². The van der Waals surface area contributed by atoms with Crippen LogP contribution >= 0.6 is 0 Å². The molecule has 178 valence electrons. The van der Waals surface area contributed by atoms with Gasteiger partial charge in [0.1, 0.15) is 17.7 Å². The molecule has 3 aromatic carbocycles. The summed E-state index contributed by atoms with van der Waals surface area (Å²) in [6.07, 6.45) is -4.33. The Bertz CT molecular complexity index is 1140. The molecule has 0 radical (unpaired) electrons. The molecular formula is C26H24F4N2O2. The number of amides is 1. The molecule has 1 saturated heterocycles. The van der Waals surface area contributed by atoms with Gasteiger partial charge < -0.3 is 10.1 Å². The van der Waals surface area contributed by atoms with Gasteiger partial charge in [0.05, 0.1) is 11.1 Å². The van der Waals surface area contributed by atoms with E-state index in [0.717, 1.165) is 23.3 Å². The summed E-state index contributed by atoms with van der Waals surface area (Å²) in [5.74, 6) is -0.336. The number of halogens is 4. The quantitative estimate of drug-likeness (QED) is 0.460. The number of nitrogens with zero attached hydrogens (tertiary/aromatic N) is 1. The van der Waals surface area contributed by atoms with Crippen molar-refractivity contribution in [1.82, 2.24) is 10.2 Å². The first-order valence-corrected chi connectivity index (χ1v) is 11.0. The van der Waals surface area contributed by atoms with E-state index in [1.54, 1.807) is 13.0 Å². The molecular weight excluding hydrogens is 448 g/mol. The van der Waals surface area contributed by atoms with Crippen molar-refractivity contribution >= 4 is 5.91 Å². The summed E-state index contributed by atoms with van der Waals surface area (Å²) in [7, 11) is 0. The maximum atomic E-state index is 14.3. The number of ether oxygens (including phenoxy) is 1. The van der Waals surface area contributed by atoms with Crippen LogP contribution in [0.1, 0.15) is 28.4 Å². The monoisotopic (exact) mass is 472 g/mol. The van der Waals surface area contributed by atoms with E-state index in [0.29, 0.717) is 37.5 Å². The van der Waals surface area contributed by atoms with Gasteiger partial charge in [-0.2, -0.15) is 13.2 Å². The molecule has 0 spiro atoms. The lowest BCUT2D eigenvalue weighted by Gasteiger charge is -2.39. The van der Waals surface area contributed by atoms with Gasteiger partial charge in [0.2, 0.25) is 0 Å². The number of rotatable bonds is 7. The molecule has 34 heavy (non-hydrogen) atoms. The fourth-order valence-electron chi connectivity index (χ4n) is 3.84. The Hall–Kier alpha value is -3.39. The molecule has 4 nitrogen and oxygen atoms in total. The standard InChI is InChI=1S/C26H24F4N2O2/c1-2-31-25(33)23-12-7-19(13-24(23)27)18-5-10-21(11-6-18)34-22-15-32(16-22)14-17-3-8-20(9-4-17)26(28,29)30/h3-13,22H,2,14-16H2,1H3,(H,31,33). The molecule has 1 aliphatic rings. The average molecular weight is 472 g/mol. The van der Waals surface area contributed by atoms with Crippen LogP contribution in [-0.4, -0.2) is 36.5 Å². The molecule has 1 aliphatic heterocycles. The van der Waals surface area contributed by atoms with Crippen LogP contribution in [0.4, 0.5) is 17.6 Å². The molecule has 0 unspecified atom stereocenters. The molecule has 1 amide bonds.